The second-order valence-corrected chi connectivity index (χ2v) is 8.11. The van der Waals surface area contributed by atoms with Crippen LogP contribution in [0.2, 0.25) is 0 Å². The quantitative estimate of drug-likeness (QED) is 0.833. The summed E-state index contributed by atoms with van der Waals surface area (Å²) in [5.74, 6) is 2.39. The fraction of sp³-hybridized carbons (Fsp3) is 0.789. The van der Waals surface area contributed by atoms with Crippen molar-refractivity contribution in [3.8, 4) is 0 Å². The minimum atomic E-state index is -0.0195. The Morgan fingerprint density at radius 1 is 1.24 bits per heavy atom. The molecule has 0 bridgehead atoms. The van der Waals surface area contributed by atoms with Crippen LogP contribution in [0.25, 0.3) is 0 Å². The zero-order chi connectivity index (χ0) is 18.0. The summed E-state index contributed by atoms with van der Waals surface area (Å²) in [6.45, 7) is 15.0. The Kier molecular flexibility index (Phi) is 5.79. The van der Waals surface area contributed by atoms with Crippen LogP contribution in [-0.2, 0) is 11.3 Å². The highest BCUT2D eigenvalue weighted by Crippen LogP contribution is 2.22. The van der Waals surface area contributed by atoms with Crippen molar-refractivity contribution in [2.75, 3.05) is 39.3 Å². The van der Waals surface area contributed by atoms with Gasteiger partial charge in [0.05, 0.1) is 11.7 Å². The molecule has 2 fully saturated rings. The average Bonchev–Trinajstić information content (AvgIpc) is 2.98. The Labute approximate surface area is 151 Å². The van der Waals surface area contributed by atoms with Gasteiger partial charge in [-0.3, -0.25) is 14.6 Å². The van der Waals surface area contributed by atoms with Crippen molar-refractivity contribution in [3.05, 3.63) is 17.5 Å². The smallest absolute Gasteiger partial charge is 0.239 e. The van der Waals surface area contributed by atoms with E-state index in [1.54, 1.807) is 0 Å². The van der Waals surface area contributed by atoms with E-state index in [0.717, 1.165) is 57.3 Å². The zero-order valence-corrected chi connectivity index (χ0v) is 16.1. The molecule has 0 aliphatic carbocycles. The van der Waals surface area contributed by atoms with Gasteiger partial charge in [-0.25, -0.2) is 0 Å². The van der Waals surface area contributed by atoms with Gasteiger partial charge in [-0.1, -0.05) is 19.0 Å². The van der Waals surface area contributed by atoms with Crippen LogP contribution in [0.3, 0.4) is 0 Å². The summed E-state index contributed by atoms with van der Waals surface area (Å²) in [5, 5.41) is 4.08. The van der Waals surface area contributed by atoms with Gasteiger partial charge in [0.15, 0.2) is 0 Å². The number of piperidine rings is 1. The Bertz CT molecular complexity index is 570. The number of hydrogen-bond acceptors (Lipinski definition) is 5. The molecule has 1 aromatic rings. The van der Waals surface area contributed by atoms with Crippen LogP contribution in [0, 0.1) is 18.8 Å². The molecule has 1 aromatic heterocycles. The van der Waals surface area contributed by atoms with Crippen molar-refractivity contribution >= 4 is 5.91 Å². The largest absolute Gasteiger partial charge is 0.361 e. The van der Waals surface area contributed by atoms with Gasteiger partial charge in [-0.2, -0.15) is 0 Å². The number of carbonyl (C=O) groups is 1. The predicted octanol–water partition coefficient (Wildman–Crippen LogP) is 1.99. The normalized spacial score (nSPS) is 27.4. The van der Waals surface area contributed by atoms with E-state index in [4.69, 9.17) is 4.52 Å². The molecule has 2 aliphatic rings. The minimum Gasteiger partial charge on any atom is -0.361 e. The van der Waals surface area contributed by atoms with E-state index in [-0.39, 0.29) is 6.04 Å². The van der Waals surface area contributed by atoms with E-state index < -0.39 is 0 Å². The summed E-state index contributed by atoms with van der Waals surface area (Å²) in [6, 6.07) is 1.98. The highest BCUT2D eigenvalue weighted by Gasteiger charge is 2.32. The number of aryl methyl sites for hydroxylation is 1. The van der Waals surface area contributed by atoms with Crippen molar-refractivity contribution < 1.29 is 9.32 Å². The number of carbonyl (C=O) groups excluding carboxylic acids is 1. The van der Waals surface area contributed by atoms with Gasteiger partial charge in [0, 0.05) is 51.9 Å². The second kappa shape index (κ2) is 7.87. The van der Waals surface area contributed by atoms with Gasteiger partial charge < -0.3 is 9.42 Å². The maximum absolute atomic E-state index is 12.9. The van der Waals surface area contributed by atoms with Crippen LogP contribution in [0.1, 0.15) is 38.6 Å². The molecular formula is C19H32N4O2. The highest BCUT2D eigenvalue weighted by atomic mass is 16.5. The molecule has 3 heterocycles. The van der Waals surface area contributed by atoms with Crippen LogP contribution >= 0.6 is 0 Å². The maximum atomic E-state index is 12.9. The number of piperazine rings is 1. The van der Waals surface area contributed by atoms with E-state index >= 15 is 0 Å². The fourth-order valence-corrected chi connectivity index (χ4v) is 4.29. The lowest BCUT2D eigenvalue weighted by Gasteiger charge is -2.41. The van der Waals surface area contributed by atoms with Crippen LogP contribution < -0.4 is 0 Å². The van der Waals surface area contributed by atoms with E-state index in [1.165, 1.54) is 6.42 Å². The molecule has 3 rings (SSSR count). The van der Waals surface area contributed by atoms with Gasteiger partial charge >= 0.3 is 0 Å². The molecule has 1 amide bonds. The first kappa shape index (κ1) is 18.4. The van der Waals surface area contributed by atoms with Gasteiger partial charge in [0.2, 0.25) is 5.91 Å². The predicted molar refractivity (Wildman–Crippen MR) is 97.1 cm³/mol. The van der Waals surface area contributed by atoms with Crippen molar-refractivity contribution in [3.63, 3.8) is 0 Å². The number of nitrogens with zero attached hydrogens (tertiary/aromatic N) is 4. The Balaban J connectivity index is 1.49. The summed E-state index contributed by atoms with van der Waals surface area (Å²) in [7, 11) is 0. The molecule has 25 heavy (non-hydrogen) atoms. The monoisotopic (exact) mass is 348 g/mol. The second-order valence-electron chi connectivity index (χ2n) is 8.11. The minimum absolute atomic E-state index is 0.0195. The average molecular weight is 348 g/mol. The molecule has 3 atom stereocenters. The van der Waals surface area contributed by atoms with Crippen molar-refractivity contribution in [2.45, 2.75) is 46.7 Å². The van der Waals surface area contributed by atoms with Crippen LogP contribution in [-0.4, -0.2) is 71.1 Å². The molecule has 140 valence electrons. The van der Waals surface area contributed by atoms with Crippen LogP contribution in [0.15, 0.2) is 10.6 Å². The van der Waals surface area contributed by atoms with Gasteiger partial charge in [-0.05, 0) is 32.1 Å². The van der Waals surface area contributed by atoms with Gasteiger partial charge in [-0.15, -0.1) is 0 Å². The lowest BCUT2D eigenvalue weighted by molar-refractivity contribution is -0.139. The zero-order valence-electron chi connectivity index (χ0n) is 16.1. The van der Waals surface area contributed by atoms with Crippen molar-refractivity contribution in [1.82, 2.24) is 19.9 Å². The van der Waals surface area contributed by atoms with Crippen LogP contribution in [0.5, 0.6) is 0 Å². The third kappa shape index (κ3) is 4.61. The Hall–Kier alpha value is -1.40. The van der Waals surface area contributed by atoms with E-state index in [1.807, 2.05) is 13.0 Å². The molecule has 0 saturated carbocycles. The van der Waals surface area contributed by atoms with E-state index in [2.05, 4.69) is 40.6 Å². The Morgan fingerprint density at radius 3 is 2.44 bits per heavy atom. The molecule has 0 radical (unpaired) electrons. The molecule has 0 aromatic carbocycles. The summed E-state index contributed by atoms with van der Waals surface area (Å²) in [6.07, 6.45) is 1.23. The molecule has 6 heteroatoms. The first-order chi connectivity index (χ1) is 11.9. The SMILES string of the molecule is Cc1cc(CN2CCN(C(C)C(=O)N3CC(C)CC(C)C3)CC2)no1. The molecule has 2 saturated heterocycles. The number of aromatic nitrogens is 1. The summed E-state index contributed by atoms with van der Waals surface area (Å²) < 4.78 is 5.14. The van der Waals surface area contributed by atoms with Crippen LogP contribution in [0.4, 0.5) is 0 Å². The van der Waals surface area contributed by atoms with Gasteiger partial charge in [0.25, 0.3) is 0 Å². The molecule has 3 unspecified atom stereocenters. The standard InChI is InChI=1S/C19H32N4O2/c1-14-9-15(2)12-23(11-14)19(24)17(4)22-7-5-21(6-8-22)13-18-10-16(3)25-20-18/h10,14-15,17H,5-9,11-13H2,1-4H3. The number of likely N-dealkylation sites (tertiary alicyclic amines) is 1. The first-order valence-corrected chi connectivity index (χ1v) is 9.59. The Morgan fingerprint density at radius 2 is 1.88 bits per heavy atom. The maximum Gasteiger partial charge on any atom is 0.239 e. The molecular weight excluding hydrogens is 316 g/mol. The number of amides is 1. The topological polar surface area (TPSA) is 52.8 Å². The first-order valence-electron chi connectivity index (χ1n) is 9.59. The summed E-state index contributed by atoms with van der Waals surface area (Å²) >= 11 is 0. The lowest BCUT2D eigenvalue weighted by Crippen LogP contribution is -2.56. The molecule has 6 nitrogen and oxygen atoms in total. The lowest BCUT2D eigenvalue weighted by atomic mass is 9.91. The van der Waals surface area contributed by atoms with Crippen molar-refractivity contribution in [1.29, 1.82) is 0 Å². The molecule has 0 spiro atoms. The number of rotatable bonds is 4. The van der Waals surface area contributed by atoms with E-state index in [9.17, 15) is 4.79 Å². The molecule has 0 N–H and O–H groups in total. The molecule has 2 aliphatic heterocycles. The van der Waals surface area contributed by atoms with Gasteiger partial charge in [0.1, 0.15) is 5.76 Å². The fourth-order valence-electron chi connectivity index (χ4n) is 4.29. The van der Waals surface area contributed by atoms with E-state index in [0.29, 0.717) is 17.7 Å². The third-order valence-corrected chi connectivity index (χ3v) is 5.55. The number of hydrogen-bond donors (Lipinski definition) is 0. The highest BCUT2D eigenvalue weighted by molar-refractivity contribution is 5.81. The third-order valence-electron chi connectivity index (χ3n) is 5.55. The summed E-state index contributed by atoms with van der Waals surface area (Å²) in [4.78, 5) is 19.7. The van der Waals surface area contributed by atoms with Crippen molar-refractivity contribution in [2.24, 2.45) is 11.8 Å². The summed E-state index contributed by atoms with van der Waals surface area (Å²) in [5.41, 5.74) is 0.992.